The van der Waals surface area contributed by atoms with Crippen molar-refractivity contribution in [3.05, 3.63) is 34.9 Å². The smallest absolute Gasteiger partial charge is 0.0514 e. The van der Waals surface area contributed by atoms with Crippen LogP contribution in [0.3, 0.4) is 0 Å². The van der Waals surface area contributed by atoms with E-state index in [2.05, 4.69) is 32.0 Å². The highest BCUT2D eigenvalue weighted by Gasteiger charge is 2.23. The zero-order chi connectivity index (χ0) is 16.6. The van der Waals surface area contributed by atoms with Crippen molar-refractivity contribution >= 4 is 5.97 Å². The maximum absolute atomic E-state index is 11.5. The van der Waals surface area contributed by atoms with E-state index in [0.717, 1.165) is 18.4 Å². The van der Waals surface area contributed by atoms with Gasteiger partial charge < -0.3 is 9.90 Å². The number of unbranched alkanes of at least 4 members (excludes halogenated alkanes) is 4. The largest absolute Gasteiger partial charge is 0.549 e. The van der Waals surface area contributed by atoms with Crippen LogP contribution in [0, 0.1) is 0 Å². The Morgan fingerprint density at radius 1 is 0.909 bits per heavy atom. The average Bonchev–Trinajstić information content (AvgIpc) is 2.47. The second kappa shape index (κ2) is 8.97. The van der Waals surface area contributed by atoms with Crippen molar-refractivity contribution in [1.82, 2.24) is 0 Å². The molecule has 124 valence electrons. The van der Waals surface area contributed by atoms with E-state index in [9.17, 15) is 9.90 Å². The predicted molar refractivity (Wildman–Crippen MR) is 90.9 cm³/mol. The van der Waals surface area contributed by atoms with Crippen molar-refractivity contribution in [2.75, 3.05) is 0 Å². The second-order valence-corrected chi connectivity index (χ2v) is 6.86. The summed E-state index contributed by atoms with van der Waals surface area (Å²) in [4.78, 5) is 11.5. The maximum Gasteiger partial charge on any atom is 0.0514 e. The Morgan fingerprint density at radius 3 is 1.73 bits per heavy atom. The normalized spacial score (nSPS) is 11.6. The number of carboxylic acid groups (broad SMARTS) is 1. The Kier molecular flexibility index (Phi) is 7.64. The number of carbonyl (C=O) groups is 1. The number of carboxylic acids is 1. The van der Waals surface area contributed by atoms with Gasteiger partial charge in [0.2, 0.25) is 0 Å². The number of hydrogen-bond acceptors (Lipinski definition) is 2. The summed E-state index contributed by atoms with van der Waals surface area (Å²) in [5.41, 5.74) is 2.49. The fraction of sp³-hybridized carbons (Fsp3) is 0.650. The van der Waals surface area contributed by atoms with Crippen molar-refractivity contribution in [2.24, 2.45) is 0 Å². The SMILES string of the molecule is CCCCCc1cc(CCCCC)cc(C(C)(C)C(=O)[O-])c1. The van der Waals surface area contributed by atoms with Crippen molar-refractivity contribution in [1.29, 1.82) is 0 Å². The molecule has 0 aliphatic heterocycles. The van der Waals surface area contributed by atoms with Gasteiger partial charge in [-0.15, -0.1) is 0 Å². The molecule has 0 N–H and O–H groups in total. The second-order valence-electron chi connectivity index (χ2n) is 6.86. The van der Waals surface area contributed by atoms with Gasteiger partial charge in [-0.3, -0.25) is 0 Å². The summed E-state index contributed by atoms with van der Waals surface area (Å²) in [5, 5.41) is 11.5. The average molecular weight is 303 g/mol. The fourth-order valence-electron chi connectivity index (χ4n) is 2.69. The molecule has 0 bridgehead atoms. The van der Waals surface area contributed by atoms with E-state index in [1.807, 2.05) is 0 Å². The summed E-state index contributed by atoms with van der Waals surface area (Å²) in [7, 11) is 0. The number of rotatable bonds is 10. The molecular formula is C20H31O2-. The van der Waals surface area contributed by atoms with E-state index < -0.39 is 11.4 Å². The summed E-state index contributed by atoms with van der Waals surface area (Å²) in [6.45, 7) is 7.88. The first-order valence-electron chi connectivity index (χ1n) is 8.76. The van der Waals surface area contributed by atoms with Gasteiger partial charge in [0.05, 0.1) is 5.97 Å². The van der Waals surface area contributed by atoms with Crippen LogP contribution in [0.5, 0.6) is 0 Å². The molecule has 0 heterocycles. The van der Waals surface area contributed by atoms with Gasteiger partial charge in [-0.2, -0.15) is 0 Å². The summed E-state index contributed by atoms with van der Waals surface area (Å²) in [5.74, 6) is -1.00. The van der Waals surface area contributed by atoms with Gasteiger partial charge in [-0.25, -0.2) is 0 Å². The van der Waals surface area contributed by atoms with Crippen LogP contribution in [0.15, 0.2) is 18.2 Å². The van der Waals surface area contributed by atoms with Crippen LogP contribution in [0.1, 0.15) is 82.9 Å². The quantitative estimate of drug-likeness (QED) is 0.608. The number of carbonyl (C=O) groups excluding carboxylic acids is 1. The molecule has 2 nitrogen and oxygen atoms in total. The van der Waals surface area contributed by atoms with E-state index in [1.54, 1.807) is 13.8 Å². The Hall–Kier alpha value is -1.31. The van der Waals surface area contributed by atoms with Gasteiger partial charge in [0.25, 0.3) is 0 Å². The first kappa shape index (κ1) is 18.7. The van der Waals surface area contributed by atoms with Crippen LogP contribution in [0.25, 0.3) is 0 Å². The number of aliphatic carboxylic acids is 1. The molecule has 0 aliphatic rings. The Bertz CT molecular complexity index is 446. The minimum atomic E-state index is -1.00. The van der Waals surface area contributed by atoms with Crippen LogP contribution >= 0.6 is 0 Å². The molecule has 0 saturated carbocycles. The fourth-order valence-corrected chi connectivity index (χ4v) is 2.69. The molecule has 0 atom stereocenters. The molecule has 22 heavy (non-hydrogen) atoms. The third-order valence-electron chi connectivity index (χ3n) is 4.42. The maximum atomic E-state index is 11.5. The Morgan fingerprint density at radius 2 is 1.36 bits per heavy atom. The van der Waals surface area contributed by atoms with Crippen LogP contribution < -0.4 is 5.11 Å². The minimum absolute atomic E-state index is 0.882. The van der Waals surface area contributed by atoms with Crippen molar-refractivity contribution in [3.8, 4) is 0 Å². The molecular weight excluding hydrogens is 272 g/mol. The topological polar surface area (TPSA) is 40.1 Å². The molecule has 1 rings (SSSR count). The minimum Gasteiger partial charge on any atom is -0.549 e. The zero-order valence-corrected chi connectivity index (χ0v) is 14.7. The molecule has 0 aromatic heterocycles. The standard InChI is InChI=1S/C20H32O2/c1-5-7-9-11-16-13-17(12-10-8-6-2)15-18(14-16)20(3,4)19(21)22/h13-15H,5-12H2,1-4H3,(H,21,22)/p-1. The highest BCUT2D eigenvalue weighted by molar-refractivity contribution is 5.78. The molecule has 0 amide bonds. The highest BCUT2D eigenvalue weighted by atomic mass is 16.4. The van der Waals surface area contributed by atoms with Gasteiger partial charge >= 0.3 is 0 Å². The number of aryl methyl sites for hydroxylation is 2. The molecule has 0 spiro atoms. The third kappa shape index (κ3) is 5.47. The van der Waals surface area contributed by atoms with E-state index in [4.69, 9.17) is 0 Å². The first-order chi connectivity index (χ1) is 10.4. The Balaban J connectivity index is 3.00. The summed E-state index contributed by atoms with van der Waals surface area (Å²) >= 11 is 0. The third-order valence-corrected chi connectivity index (χ3v) is 4.42. The molecule has 1 aromatic carbocycles. The van der Waals surface area contributed by atoms with E-state index in [0.29, 0.717) is 0 Å². The monoisotopic (exact) mass is 303 g/mol. The van der Waals surface area contributed by atoms with Crippen LogP contribution in [-0.4, -0.2) is 5.97 Å². The number of benzene rings is 1. The molecule has 0 unspecified atom stereocenters. The molecule has 0 fully saturated rings. The zero-order valence-electron chi connectivity index (χ0n) is 14.7. The predicted octanol–water partition coefficient (Wildman–Crippen LogP) is 4.18. The highest BCUT2D eigenvalue weighted by Crippen LogP contribution is 2.26. The van der Waals surface area contributed by atoms with Crippen LogP contribution in [0.4, 0.5) is 0 Å². The van der Waals surface area contributed by atoms with E-state index >= 15 is 0 Å². The summed E-state index contributed by atoms with van der Waals surface area (Å²) in [6, 6.07) is 6.39. The van der Waals surface area contributed by atoms with Gasteiger partial charge in [0, 0.05) is 5.41 Å². The van der Waals surface area contributed by atoms with Crippen LogP contribution in [-0.2, 0) is 23.1 Å². The molecule has 0 aliphatic carbocycles. The van der Waals surface area contributed by atoms with Gasteiger partial charge in [0.1, 0.15) is 0 Å². The number of hydrogen-bond donors (Lipinski definition) is 0. The Labute approximate surface area is 135 Å². The summed E-state index contributed by atoms with van der Waals surface area (Å²) < 4.78 is 0. The van der Waals surface area contributed by atoms with Crippen molar-refractivity contribution < 1.29 is 9.90 Å². The molecule has 2 heteroatoms. The molecule has 1 aromatic rings. The lowest BCUT2D eigenvalue weighted by Crippen LogP contribution is -2.41. The van der Waals surface area contributed by atoms with Crippen molar-refractivity contribution in [3.63, 3.8) is 0 Å². The van der Waals surface area contributed by atoms with Gasteiger partial charge in [0.15, 0.2) is 0 Å². The lowest BCUT2D eigenvalue weighted by molar-refractivity contribution is -0.312. The van der Waals surface area contributed by atoms with Gasteiger partial charge in [-0.1, -0.05) is 71.6 Å². The summed E-state index contributed by atoms with van der Waals surface area (Å²) in [6.07, 6.45) is 9.25. The lowest BCUT2D eigenvalue weighted by atomic mass is 9.82. The van der Waals surface area contributed by atoms with E-state index in [1.165, 1.54) is 49.7 Å². The molecule has 0 saturated heterocycles. The molecule has 0 radical (unpaired) electrons. The van der Waals surface area contributed by atoms with E-state index in [-0.39, 0.29) is 0 Å². The van der Waals surface area contributed by atoms with Gasteiger partial charge in [-0.05, 0) is 42.4 Å². The van der Waals surface area contributed by atoms with Crippen molar-refractivity contribution in [2.45, 2.75) is 84.5 Å². The first-order valence-corrected chi connectivity index (χ1v) is 8.76. The lowest BCUT2D eigenvalue weighted by Gasteiger charge is -2.27. The van der Waals surface area contributed by atoms with Crippen LogP contribution in [0.2, 0.25) is 0 Å².